The predicted octanol–water partition coefficient (Wildman–Crippen LogP) is 5.91. The van der Waals surface area contributed by atoms with Crippen molar-refractivity contribution in [2.45, 2.75) is 30.1 Å². The number of benzene rings is 2. The Hall–Kier alpha value is -1.74. The zero-order valence-electron chi connectivity index (χ0n) is 16.1. The molecule has 158 valence electrons. The lowest BCUT2D eigenvalue weighted by atomic mass is 10.2. The van der Waals surface area contributed by atoms with Crippen molar-refractivity contribution >= 4 is 58.3 Å². The fourth-order valence-corrected chi connectivity index (χ4v) is 4.95. The number of rotatable bonds is 9. The minimum atomic E-state index is -0.345. The number of carbonyl (C=O) groups is 1. The molecule has 2 aromatic carbocycles. The summed E-state index contributed by atoms with van der Waals surface area (Å²) < 4.78 is 14.9. The van der Waals surface area contributed by atoms with E-state index in [2.05, 4.69) is 15.5 Å². The Morgan fingerprint density at radius 3 is 2.60 bits per heavy atom. The van der Waals surface area contributed by atoms with E-state index >= 15 is 0 Å². The number of amides is 1. The highest BCUT2D eigenvalue weighted by atomic mass is 35.5. The van der Waals surface area contributed by atoms with Crippen LogP contribution in [-0.2, 0) is 22.8 Å². The predicted molar refractivity (Wildman–Crippen MR) is 123 cm³/mol. The second kappa shape index (κ2) is 11.0. The topological polar surface area (TPSA) is 59.8 Å². The molecule has 1 aromatic heterocycles. The van der Waals surface area contributed by atoms with Crippen LogP contribution in [0.1, 0.15) is 18.3 Å². The summed E-state index contributed by atoms with van der Waals surface area (Å²) in [7, 11) is 0. The molecule has 3 aromatic rings. The van der Waals surface area contributed by atoms with Crippen LogP contribution in [0.4, 0.5) is 10.1 Å². The van der Waals surface area contributed by atoms with Crippen molar-refractivity contribution in [1.82, 2.24) is 14.8 Å². The van der Waals surface area contributed by atoms with Gasteiger partial charge < -0.3 is 9.88 Å². The average Bonchev–Trinajstić information content (AvgIpc) is 3.11. The van der Waals surface area contributed by atoms with Gasteiger partial charge in [-0.2, -0.15) is 0 Å². The molecule has 30 heavy (non-hydrogen) atoms. The molecular weight excluding hydrogens is 466 g/mol. The quantitative estimate of drug-likeness (QED) is 0.382. The molecule has 0 saturated heterocycles. The normalized spacial score (nSPS) is 10.9. The van der Waals surface area contributed by atoms with E-state index in [4.69, 9.17) is 23.2 Å². The number of nitrogens with zero attached hydrogens (tertiary/aromatic N) is 3. The SMILES string of the molecule is CCn1c(CSCc2ccc(Cl)cc2Cl)nnc1SCC(=O)Nc1ccc(F)cc1. The Kier molecular flexibility index (Phi) is 8.44. The molecule has 1 heterocycles. The molecule has 5 nitrogen and oxygen atoms in total. The molecule has 0 radical (unpaired) electrons. The van der Waals surface area contributed by atoms with Crippen LogP contribution in [-0.4, -0.2) is 26.4 Å². The van der Waals surface area contributed by atoms with Crippen LogP contribution in [0.5, 0.6) is 0 Å². The van der Waals surface area contributed by atoms with E-state index in [0.29, 0.717) is 33.2 Å². The van der Waals surface area contributed by atoms with Crippen molar-refractivity contribution in [3.05, 3.63) is 69.7 Å². The molecule has 3 rings (SSSR count). The van der Waals surface area contributed by atoms with Gasteiger partial charge in [-0.25, -0.2) is 4.39 Å². The Morgan fingerprint density at radius 2 is 1.90 bits per heavy atom. The Morgan fingerprint density at radius 1 is 1.13 bits per heavy atom. The number of halogens is 3. The van der Waals surface area contributed by atoms with E-state index in [0.717, 1.165) is 17.1 Å². The highest BCUT2D eigenvalue weighted by Gasteiger charge is 2.14. The highest BCUT2D eigenvalue weighted by molar-refractivity contribution is 7.99. The van der Waals surface area contributed by atoms with Crippen molar-refractivity contribution < 1.29 is 9.18 Å². The van der Waals surface area contributed by atoms with Crippen molar-refractivity contribution in [2.24, 2.45) is 0 Å². The monoisotopic (exact) mass is 484 g/mol. The van der Waals surface area contributed by atoms with Crippen LogP contribution < -0.4 is 5.32 Å². The highest BCUT2D eigenvalue weighted by Crippen LogP contribution is 2.27. The lowest BCUT2D eigenvalue weighted by Gasteiger charge is -2.08. The summed E-state index contributed by atoms with van der Waals surface area (Å²) >= 11 is 15.1. The Bertz CT molecular complexity index is 1010. The molecule has 1 amide bonds. The maximum absolute atomic E-state index is 13.0. The van der Waals surface area contributed by atoms with Crippen LogP contribution in [0, 0.1) is 5.82 Å². The number of carbonyl (C=O) groups excluding carboxylic acids is 1. The third-order valence-corrected chi connectivity index (χ3v) is 6.61. The van der Waals surface area contributed by atoms with E-state index in [-0.39, 0.29) is 17.5 Å². The van der Waals surface area contributed by atoms with Crippen LogP contribution in [0.3, 0.4) is 0 Å². The van der Waals surface area contributed by atoms with Crippen LogP contribution in [0.25, 0.3) is 0 Å². The molecule has 0 fully saturated rings. The van der Waals surface area contributed by atoms with Crippen molar-refractivity contribution in [3.63, 3.8) is 0 Å². The number of nitrogens with one attached hydrogen (secondary N) is 1. The minimum Gasteiger partial charge on any atom is -0.325 e. The zero-order valence-corrected chi connectivity index (χ0v) is 19.2. The van der Waals surface area contributed by atoms with E-state index in [1.807, 2.05) is 23.6 Å². The number of hydrogen-bond acceptors (Lipinski definition) is 5. The van der Waals surface area contributed by atoms with Gasteiger partial charge in [-0.15, -0.1) is 22.0 Å². The van der Waals surface area contributed by atoms with Gasteiger partial charge >= 0.3 is 0 Å². The first kappa shape index (κ1) is 22.9. The van der Waals surface area contributed by atoms with Gasteiger partial charge in [0.1, 0.15) is 11.6 Å². The van der Waals surface area contributed by atoms with Gasteiger partial charge in [0.25, 0.3) is 0 Å². The van der Waals surface area contributed by atoms with Gasteiger partial charge in [-0.1, -0.05) is 41.0 Å². The molecule has 1 N–H and O–H groups in total. The van der Waals surface area contributed by atoms with E-state index < -0.39 is 0 Å². The van der Waals surface area contributed by atoms with E-state index in [1.165, 1.54) is 36.0 Å². The summed E-state index contributed by atoms with van der Waals surface area (Å²) in [6.07, 6.45) is 0. The summed E-state index contributed by atoms with van der Waals surface area (Å²) in [5.74, 6) is 1.89. The maximum atomic E-state index is 13.0. The van der Waals surface area contributed by atoms with Gasteiger partial charge in [-0.05, 0) is 48.9 Å². The minimum absolute atomic E-state index is 0.184. The molecule has 0 atom stereocenters. The third-order valence-electron chi connectivity index (χ3n) is 4.07. The van der Waals surface area contributed by atoms with Crippen LogP contribution >= 0.6 is 46.7 Å². The Balaban J connectivity index is 1.53. The second-order valence-corrected chi connectivity index (χ2v) is 8.99. The molecule has 0 unspecified atom stereocenters. The first-order valence-corrected chi connectivity index (χ1v) is 12.0. The molecule has 10 heteroatoms. The Labute approximate surface area is 192 Å². The van der Waals surface area contributed by atoms with Crippen LogP contribution in [0.15, 0.2) is 47.6 Å². The summed E-state index contributed by atoms with van der Waals surface area (Å²) in [5.41, 5.74) is 1.57. The van der Waals surface area contributed by atoms with Crippen molar-refractivity contribution in [3.8, 4) is 0 Å². The smallest absolute Gasteiger partial charge is 0.234 e. The molecule has 0 spiro atoms. The van der Waals surface area contributed by atoms with Gasteiger partial charge in [0.2, 0.25) is 5.91 Å². The first-order valence-electron chi connectivity index (χ1n) is 9.08. The van der Waals surface area contributed by atoms with Crippen molar-refractivity contribution in [1.29, 1.82) is 0 Å². The molecular formula is C20H19Cl2FN4OS2. The largest absolute Gasteiger partial charge is 0.325 e. The fourth-order valence-electron chi connectivity index (χ4n) is 2.60. The summed E-state index contributed by atoms with van der Waals surface area (Å²) in [6, 6.07) is 11.1. The fraction of sp³-hybridized carbons (Fsp3) is 0.250. The van der Waals surface area contributed by atoms with Gasteiger partial charge in [0, 0.05) is 28.0 Å². The summed E-state index contributed by atoms with van der Waals surface area (Å²) in [4.78, 5) is 12.2. The molecule has 0 aliphatic rings. The standard InChI is InChI=1S/C20H19Cl2FN4OS2/c1-2-27-18(11-29-10-13-3-4-14(21)9-17(13)22)25-26-20(27)30-12-19(28)24-16-7-5-15(23)6-8-16/h3-9H,2,10-12H2,1H3,(H,24,28). The third kappa shape index (κ3) is 6.38. The second-order valence-electron chi connectivity index (χ2n) is 6.22. The van der Waals surface area contributed by atoms with E-state index in [1.54, 1.807) is 17.8 Å². The first-order chi connectivity index (χ1) is 14.5. The van der Waals surface area contributed by atoms with Gasteiger partial charge in [0.15, 0.2) is 5.16 Å². The zero-order chi connectivity index (χ0) is 21.5. The molecule has 0 bridgehead atoms. The maximum Gasteiger partial charge on any atom is 0.234 e. The van der Waals surface area contributed by atoms with E-state index in [9.17, 15) is 9.18 Å². The lowest BCUT2D eigenvalue weighted by molar-refractivity contribution is -0.113. The number of hydrogen-bond donors (Lipinski definition) is 1. The summed E-state index contributed by atoms with van der Waals surface area (Å²) in [6.45, 7) is 2.71. The van der Waals surface area contributed by atoms with Crippen molar-refractivity contribution in [2.75, 3.05) is 11.1 Å². The van der Waals surface area contributed by atoms with Gasteiger partial charge in [-0.3, -0.25) is 4.79 Å². The molecule has 0 saturated carbocycles. The number of anilines is 1. The molecule has 0 aliphatic carbocycles. The average molecular weight is 485 g/mol. The lowest BCUT2D eigenvalue weighted by Crippen LogP contribution is -2.14. The number of thioether (sulfide) groups is 2. The van der Waals surface area contributed by atoms with Gasteiger partial charge in [0.05, 0.1) is 11.5 Å². The van der Waals surface area contributed by atoms with Crippen LogP contribution in [0.2, 0.25) is 10.0 Å². The summed E-state index contributed by atoms with van der Waals surface area (Å²) in [5, 5.41) is 13.2. The number of aromatic nitrogens is 3. The molecule has 0 aliphatic heterocycles.